The molecule has 4 nitrogen and oxygen atoms in total. The van der Waals surface area contributed by atoms with Crippen LogP contribution >= 0.6 is 0 Å². The van der Waals surface area contributed by atoms with Crippen molar-refractivity contribution in [3.05, 3.63) is 24.0 Å². The Bertz CT molecular complexity index is 318. The molecule has 2 unspecified atom stereocenters. The first kappa shape index (κ1) is 12.9. The highest BCUT2D eigenvalue weighted by Crippen LogP contribution is 2.21. The summed E-state index contributed by atoms with van der Waals surface area (Å²) in [7, 11) is 5.31. The Labute approximate surface area is 97.0 Å². The van der Waals surface area contributed by atoms with E-state index in [1.54, 1.807) is 20.4 Å². The van der Waals surface area contributed by atoms with Crippen molar-refractivity contribution < 1.29 is 9.47 Å². The van der Waals surface area contributed by atoms with Crippen LogP contribution in [-0.4, -0.2) is 32.4 Å². The van der Waals surface area contributed by atoms with Gasteiger partial charge in [-0.25, -0.2) is 0 Å². The number of nitrogens with one attached hydrogen (secondary N) is 1. The quantitative estimate of drug-likeness (QED) is 0.800. The van der Waals surface area contributed by atoms with E-state index in [9.17, 15) is 0 Å². The molecule has 0 saturated heterocycles. The standard InChI is InChI=1S/C12H20N2O2/c1-9(15-3)5-12(13-2)10-6-11(16-4)8-14-7-10/h6-9,12-13H,5H2,1-4H3. The van der Waals surface area contributed by atoms with Gasteiger partial charge in [0.25, 0.3) is 0 Å². The van der Waals surface area contributed by atoms with E-state index in [0.29, 0.717) is 0 Å². The number of rotatable bonds is 6. The molecule has 0 aliphatic heterocycles. The van der Waals surface area contributed by atoms with E-state index in [0.717, 1.165) is 17.7 Å². The summed E-state index contributed by atoms with van der Waals surface area (Å²) in [6, 6.07) is 2.23. The molecule has 0 radical (unpaired) electrons. The van der Waals surface area contributed by atoms with Gasteiger partial charge in [-0.3, -0.25) is 4.98 Å². The van der Waals surface area contributed by atoms with Crippen LogP contribution in [0.5, 0.6) is 5.75 Å². The average molecular weight is 224 g/mol. The number of pyridine rings is 1. The van der Waals surface area contributed by atoms with Crippen LogP contribution in [0, 0.1) is 0 Å². The number of aromatic nitrogens is 1. The van der Waals surface area contributed by atoms with Crippen LogP contribution in [0.3, 0.4) is 0 Å². The second-order valence-corrected chi connectivity index (χ2v) is 3.78. The third kappa shape index (κ3) is 3.47. The molecular formula is C12H20N2O2. The van der Waals surface area contributed by atoms with E-state index >= 15 is 0 Å². The third-order valence-corrected chi connectivity index (χ3v) is 2.69. The van der Waals surface area contributed by atoms with Gasteiger partial charge in [-0.05, 0) is 32.0 Å². The second kappa shape index (κ2) is 6.45. The fraction of sp³-hybridized carbons (Fsp3) is 0.583. The van der Waals surface area contributed by atoms with E-state index < -0.39 is 0 Å². The molecule has 2 atom stereocenters. The van der Waals surface area contributed by atoms with Gasteiger partial charge < -0.3 is 14.8 Å². The molecule has 1 aromatic heterocycles. The zero-order chi connectivity index (χ0) is 12.0. The molecule has 4 heteroatoms. The van der Waals surface area contributed by atoms with Gasteiger partial charge in [0.15, 0.2) is 0 Å². The van der Waals surface area contributed by atoms with Crippen LogP contribution in [0.15, 0.2) is 18.5 Å². The van der Waals surface area contributed by atoms with Crippen LogP contribution in [0.2, 0.25) is 0 Å². The van der Waals surface area contributed by atoms with E-state index in [-0.39, 0.29) is 12.1 Å². The minimum atomic E-state index is 0.212. The van der Waals surface area contributed by atoms with Gasteiger partial charge >= 0.3 is 0 Å². The monoisotopic (exact) mass is 224 g/mol. The predicted molar refractivity (Wildman–Crippen MR) is 63.7 cm³/mol. The van der Waals surface area contributed by atoms with Crippen molar-refractivity contribution in [1.29, 1.82) is 0 Å². The number of methoxy groups -OCH3 is 2. The number of hydrogen-bond acceptors (Lipinski definition) is 4. The molecule has 0 amide bonds. The van der Waals surface area contributed by atoms with E-state index in [4.69, 9.17) is 9.47 Å². The minimum absolute atomic E-state index is 0.212. The smallest absolute Gasteiger partial charge is 0.137 e. The van der Waals surface area contributed by atoms with Crippen molar-refractivity contribution in [1.82, 2.24) is 10.3 Å². The molecule has 0 aromatic carbocycles. The summed E-state index contributed by atoms with van der Waals surface area (Å²) >= 11 is 0. The third-order valence-electron chi connectivity index (χ3n) is 2.69. The molecule has 0 aliphatic rings. The summed E-state index contributed by atoms with van der Waals surface area (Å²) in [5.41, 5.74) is 1.12. The zero-order valence-electron chi connectivity index (χ0n) is 10.4. The van der Waals surface area contributed by atoms with E-state index in [2.05, 4.69) is 17.2 Å². The van der Waals surface area contributed by atoms with Crippen LogP contribution in [0.25, 0.3) is 0 Å². The molecule has 1 N–H and O–H groups in total. The van der Waals surface area contributed by atoms with Crippen molar-refractivity contribution in [3.63, 3.8) is 0 Å². The molecule has 1 rings (SSSR count). The Hall–Kier alpha value is -1.13. The number of nitrogens with zero attached hydrogens (tertiary/aromatic N) is 1. The molecule has 1 aromatic rings. The molecule has 0 saturated carbocycles. The predicted octanol–water partition coefficient (Wildman–Crippen LogP) is 1.78. The van der Waals surface area contributed by atoms with Crippen molar-refractivity contribution in [2.45, 2.75) is 25.5 Å². The second-order valence-electron chi connectivity index (χ2n) is 3.78. The summed E-state index contributed by atoms with van der Waals surface area (Å²) in [6.45, 7) is 2.05. The fourth-order valence-electron chi connectivity index (χ4n) is 1.59. The lowest BCUT2D eigenvalue weighted by atomic mass is 10.0. The lowest BCUT2D eigenvalue weighted by molar-refractivity contribution is 0.101. The molecule has 0 fully saturated rings. The van der Waals surface area contributed by atoms with Gasteiger partial charge in [-0.1, -0.05) is 0 Å². The van der Waals surface area contributed by atoms with Crippen molar-refractivity contribution >= 4 is 0 Å². The van der Waals surface area contributed by atoms with Gasteiger partial charge in [0, 0.05) is 19.3 Å². The maximum Gasteiger partial charge on any atom is 0.137 e. The Morgan fingerprint density at radius 1 is 1.38 bits per heavy atom. The maximum atomic E-state index is 5.27. The molecule has 1 heterocycles. The fourth-order valence-corrected chi connectivity index (χ4v) is 1.59. The molecule has 0 aliphatic carbocycles. The number of ether oxygens (including phenoxy) is 2. The molecular weight excluding hydrogens is 204 g/mol. The Kier molecular flexibility index (Phi) is 5.22. The largest absolute Gasteiger partial charge is 0.495 e. The van der Waals surface area contributed by atoms with E-state index in [1.165, 1.54) is 0 Å². The highest BCUT2D eigenvalue weighted by atomic mass is 16.5. The Morgan fingerprint density at radius 2 is 2.12 bits per heavy atom. The lowest BCUT2D eigenvalue weighted by Gasteiger charge is -2.20. The van der Waals surface area contributed by atoms with Crippen LogP contribution in [-0.2, 0) is 4.74 Å². The summed E-state index contributed by atoms with van der Waals surface area (Å²) in [6.07, 6.45) is 4.67. The van der Waals surface area contributed by atoms with Gasteiger partial charge in [0.1, 0.15) is 5.75 Å². The maximum absolute atomic E-state index is 5.27. The minimum Gasteiger partial charge on any atom is -0.495 e. The van der Waals surface area contributed by atoms with Gasteiger partial charge in [0.05, 0.1) is 19.4 Å². The molecule has 0 bridgehead atoms. The molecule has 0 spiro atoms. The first-order chi connectivity index (χ1) is 7.71. The van der Waals surface area contributed by atoms with Gasteiger partial charge in [-0.15, -0.1) is 0 Å². The van der Waals surface area contributed by atoms with Gasteiger partial charge in [0.2, 0.25) is 0 Å². The van der Waals surface area contributed by atoms with Crippen molar-refractivity contribution in [2.75, 3.05) is 21.3 Å². The van der Waals surface area contributed by atoms with Crippen LogP contribution < -0.4 is 10.1 Å². The van der Waals surface area contributed by atoms with Crippen LogP contribution in [0.4, 0.5) is 0 Å². The number of hydrogen-bond donors (Lipinski definition) is 1. The molecule has 16 heavy (non-hydrogen) atoms. The van der Waals surface area contributed by atoms with Gasteiger partial charge in [-0.2, -0.15) is 0 Å². The first-order valence-electron chi connectivity index (χ1n) is 5.40. The topological polar surface area (TPSA) is 43.4 Å². The SMILES string of the molecule is CNC(CC(C)OC)c1cncc(OC)c1. The highest BCUT2D eigenvalue weighted by Gasteiger charge is 2.14. The summed E-state index contributed by atoms with van der Waals surface area (Å²) in [5, 5.41) is 3.26. The van der Waals surface area contributed by atoms with E-state index in [1.807, 2.05) is 19.3 Å². The summed E-state index contributed by atoms with van der Waals surface area (Å²) in [5.74, 6) is 0.780. The van der Waals surface area contributed by atoms with Crippen molar-refractivity contribution in [3.8, 4) is 5.75 Å². The normalized spacial score (nSPS) is 14.5. The highest BCUT2D eigenvalue weighted by molar-refractivity contribution is 5.25. The lowest BCUT2D eigenvalue weighted by Crippen LogP contribution is -2.22. The summed E-state index contributed by atoms with van der Waals surface area (Å²) in [4.78, 5) is 4.15. The summed E-state index contributed by atoms with van der Waals surface area (Å²) < 4.78 is 10.4. The molecule has 90 valence electrons. The first-order valence-corrected chi connectivity index (χ1v) is 5.40. The van der Waals surface area contributed by atoms with Crippen molar-refractivity contribution in [2.24, 2.45) is 0 Å². The Balaban J connectivity index is 2.77. The average Bonchev–Trinajstić information content (AvgIpc) is 2.35. The zero-order valence-corrected chi connectivity index (χ0v) is 10.4. The van der Waals surface area contributed by atoms with Crippen LogP contribution in [0.1, 0.15) is 24.9 Å². The Morgan fingerprint density at radius 3 is 2.69 bits per heavy atom.